The average molecular weight is 422 g/mol. The van der Waals surface area contributed by atoms with Gasteiger partial charge in [-0.05, 0) is 49.8 Å². The second-order valence-corrected chi connectivity index (χ2v) is 7.75. The van der Waals surface area contributed by atoms with Crippen molar-refractivity contribution >= 4 is 23.0 Å². The molecule has 1 atom stereocenters. The number of nitrogens with zero attached hydrogens (tertiary/aromatic N) is 2. The maximum absolute atomic E-state index is 15.3. The van der Waals surface area contributed by atoms with Crippen molar-refractivity contribution in [1.29, 1.82) is 0 Å². The van der Waals surface area contributed by atoms with E-state index in [4.69, 9.17) is 0 Å². The zero-order valence-electron chi connectivity index (χ0n) is 16.6. The molecule has 1 aromatic heterocycles. The largest absolute Gasteiger partial charge is 0.450 e. The van der Waals surface area contributed by atoms with Gasteiger partial charge in [0.15, 0.2) is 0 Å². The first kappa shape index (κ1) is 20.5. The van der Waals surface area contributed by atoms with E-state index in [1.54, 1.807) is 13.1 Å². The summed E-state index contributed by atoms with van der Waals surface area (Å²) in [4.78, 5) is 24.7. The van der Waals surface area contributed by atoms with Crippen LogP contribution in [-0.4, -0.2) is 57.9 Å². The molecule has 4 rings (SSSR count). The first-order valence-corrected chi connectivity index (χ1v) is 10.1. The number of benzene rings is 1. The Morgan fingerprint density at radius 3 is 2.77 bits per heavy atom. The van der Waals surface area contributed by atoms with Crippen LogP contribution in [0.5, 0.6) is 0 Å². The summed E-state index contributed by atoms with van der Waals surface area (Å²) in [5.74, 6) is -4.46. The Morgan fingerprint density at radius 2 is 2.13 bits per heavy atom. The number of carbonyl (C=O) groups is 2. The molecular weight excluding hydrogens is 398 g/mol. The highest BCUT2D eigenvalue weighted by Gasteiger charge is 2.50. The van der Waals surface area contributed by atoms with Crippen LogP contribution >= 0.6 is 0 Å². The van der Waals surface area contributed by atoms with E-state index >= 15 is 8.78 Å². The molecule has 0 unspecified atom stereocenters. The molecule has 30 heavy (non-hydrogen) atoms. The molecule has 10 heteroatoms. The molecule has 1 aliphatic carbocycles. The Kier molecular flexibility index (Phi) is 5.35. The van der Waals surface area contributed by atoms with Crippen molar-refractivity contribution in [2.75, 3.05) is 19.7 Å². The third-order valence-corrected chi connectivity index (χ3v) is 6.07. The predicted molar refractivity (Wildman–Crippen MR) is 103 cm³/mol. The number of fused-ring (bicyclic) bond motifs is 2. The molecule has 1 aliphatic heterocycles. The quantitative estimate of drug-likeness (QED) is 0.702. The zero-order chi connectivity index (χ0) is 21.5. The SMILES string of the molecule is CCOC(=O)NC(=O)N1CCC(C(F)(F)[C@H](O)c2c3c(cc4cn[nH]c24)CC3)CC1. The topological polar surface area (TPSA) is 108 Å². The number of piperidine rings is 1. The monoisotopic (exact) mass is 422 g/mol. The summed E-state index contributed by atoms with van der Waals surface area (Å²) in [6, 6.07) is 1.26. The lowest BCUT2D eigenvalue weighted by Crippen LogP contribution is -2.49. The number of alkyl halides is 2. The Labute approximate surface area is 171 Å². The number of carbonyl (C=O) groups excluding carboxylic acids is 2. The van der Waals surface area contributed by atoms with Gasteiger partial charge < -0.3 is 14.7 Å². The fraction of sp³-hybridized carbons (Fsp3) is 0.550. The molecule has 162 valence electrons. The van der Waals surface area contributed by atoms with Gasteiger partial charge in [0, 0.05) is 30.0 Å². The maximum atomic E-state index is 15.3. The van der Waals surface area contributed by atoms with Crippen LogP contribution in [0, 0.1) is 5.92 Å². The van der Waals surface area contributed by atoms with Gasteiger partial charge in [-0.15, -0.1) is 0 Å². The molecule has 2 aliphatic rings. The second kappa shape index (κ2) is 7.82. The van der Waals surface area contributed by atoms with Crippen LogP contribution in [0.25, 0.3) is 10.9 Å². The van der Waals surface area contributed by atoms with Gasteiger partial charge in [-0.2, -0.15) is 5.10 Å². The molecule has 0 radical (unpaired) electrons. The van der Waals surface area contributed by atoms with Crippen LogP contribution in [-0.2, 0) is 17.6 Å². The summed E-state index contributed by atoms with van der Waals surface area (Å²) in [6.07, 6.45) is 0.234. The number of aliphatic hydroxyl groups excluding tert-OH is 1. The standard InChI is InChI=1S/C20H24F2N4O4/c1-2-30-19(29)24-18(28)26-7-5-13(6-8-26)20(21,22)17(27)15-14-4-3-11(14)9-12-10-23-25-16(12)15/h9-10,13,17,27H,2-8H2,1H3,(H,23,25)(H,24,28,29)/t17-/m1/s1. The number of nitrogens with one attached hydrogen (secondary N) is 2. The molecule has 8 nitrogen and oxygen atoms in total. The highest BCUT2D eigenvalue weighted by atomic mass is 19.3. The van der Waals surface area contributed by atoms with Gasteiger partial charge in [0.25, 0.3) is 5.92 Å². The Balaban J connectivity index is 1.47. The zero-order valence-corrected chi connectivity index (χ0v) is 16.6. The summed E-state index contributed by atoms with van der Waals surface area (Å²) >= 11 is 0. The fourth-order valence-electron chi connectivity index (χ4n) is 4.34. The summed E-state index contributed by atoms with van der Waals surface area (Å²) in [6.45, 7) is 1.85. The lowest BCUT2D eigenvalue weighted by molar-refractivity contribution is -0.159. The van der Waals surface area contributed by atoms with E-state index in [0.717, 1.165) is 17.5 Å². The number of aromatic nitrogens is 2. The van der Waals surface area contributed by atoms with Gasteiger partial charge in [0.2, 0.25) is 0 Å². The number of H-pyrrole nitrogens is 1. The number of aliphatic hydroxyl groups is 1. The van der Waals surface area contributed by atoms with E-state index < -0.39 is 30.1 Å². The van der Waals surface area contributed by atoms with E-state index in [0.29, 0.717) is 17.3 Å². The van der Waals surface area contributed by atoms with E-state index in [1.807, 2.05) is 6.07 Å². The highest BCUT2D eigenvalue weighted by molar-refractivity contribution is 5.90. The van der Waals surface area contributed by atoms with Gasteiger partial charge in [-0.1, -0.05) is 0 Å². The van der Waals surface area contributed by atoms with Gasteiger partial charge in [-0.3, -0.25) is 5.10 Å². The van der Waals surface area contributed by atoms with E-state index in [2.05, 4.69) is 20.3 Å². The molecule has 2 heterocycles. The van der Waals surface area contributed by atoms with Gasteiger partial charge in [0.1, 0.15) is 6.10 Å². The van der Waals surface area contributed by atoms with E-state index in [9.17, 15) is 14.7 Å². The molecule has 2 aromatic rings. The molecule has 3 amide bonds. The predicted octanol–water partition coefficient (Wildman–Crippen LogP) is 2.91. The Hall–Kier alpha value is -2.75. The van der Waals surface area contributed by atoms with Crippen LogP contribution < -0.4 is 5.32 Å². The van der Waals surface area contributed by atoms with Crippen LogP contribution in [0.1, 0.15) is 42.6 Å². The minimum Gasteiger partial charge on any atom is -0.450 e. The van der Waals surface area contributed by atoms with Gasteiger partial charge in [-0.25, -0.2) is 23.7 Å². The number of hydrogen-bond donors (Lipinski definition) is 3. The molecule has 1 aromatic carbocycles. The third-order valence-electron chi connectivity index (χ3n) is 6.07. The van der Waals surface area contributed by atoms with Crippen LogP contribution in [0.3, 0.4) is 0 Å². The normalized spacial score (nSPS) is 17.9. The molecule has 0 saturated carbocycles. The lowest BCUT2D eigenvalue weighted by Gasteiger charge is -2.38. The number of likely N-dealkylation sites (tertiary alicyclic amines) is 1. The smallest absolute Gasteiger partial charge is 0.415 e. The van der Waals surface area contributed by atoms with E-state index in [-0.39, 0.29) is 38.1 Å². The summed E-state index contributed by atoms with van der Waals surface area (Å²) in [7, 11) is 0. The van der Waals surface area contributed by atoms with Crippen molar-refractivity contribution in [3.63, 3.8) is 0 Å². The molecule has 0 bridgehead atoms. The number of halogens is 2. The Morgan fingerprint density at radius 1 is 1.40 bits per heavy atom. The first-order valence-electron chi connectivity index (χ1n) is 10.1. The number of aromatic amines is 1. The number of alkyl carbamates (subject to hydrolysis) is 1. The van der Waals surface area contributed by atoms with Gasteiger partial charge >= 0.3 is 12.1 Å². The van der Waals surface area contributed by atoms with Crippen LogP contribution in [0.2, 0.25) is 0 Å². The molecule has 0 spiro atoms. The number of hydrogen-bond acceptors (Lipinski definition) is 5. The molecular formula is C20H24F2N4O4. The lowest BCUT2D eigenvalue weighted by atomic mass is 9.77. The van der Waals surface area contributed by atoms with Crippen LogP contribution in [0.15, 0.2) is 12.3 Å². The van der Waals surface area contributed by atoms with Crippen molar-refractivity contribution in [3.05, 3.63) is 29.0 Å². The summed E-state index contributed by atoms with van der Waals surface area (Å²) in [5, 5.41) is 20.2. The Bertz CT molecular complexity index is 969. The third kappa shape index (κ3) is 3.49. The van der Waals surface area contributed by atoms with E-state index in [1.165, 1.54) is 4.90 Å². The number of rotatable bonds is 4. The average Bonchev–Trinajstić information content (AvgIpc) is 3.17. The second-order valence-electron chi connectivity index (χ2n) is 7.75. The molecule has 1 saturated heterocycles. The minimum atomic E-state index is -3.37. The number of amides is 3. The van der Waals surface area contributed by atoms with Crippen molar-refractivity contribution in [2.24, 2.45) is 5.92 Å². The van der Waals surface area contributed by atoms with Crippen molar-refractivity contribution in [3.8, 4) is 0 Å². The fourth-order valence-corrected chi connectivity index (χ4v) is 4.34. The summed E-state index contributed by atoms with van der Waals surface area (Å²) < 4.78 is 35.3. The maximum Gasteiger partial charge on any atom is 0.415 e. The number of aryl methyl sites for hydroxylation is 1. The van der Waals surface area contributed by atoms with Crippen molar-refractivity contribution < 1.29 is 28.2 Å². The number of urea groups is 1. The summed E-state index contributed by atoms with van der Waals surface area (Å²) in [5.41, 5.74) is 2.43. The number of ether oxygens (including phenoxy) is 1. The van der Waals surface area contributed by atoms with Crippen molar-refractivity contribution in [2.45, 2.75) is 44.6 Å². The molecule has 1 fully saturated rings. The van der Waals surface area contributed by atoms with Crippen LogP contribution in [0.4, 0.5) is 18.4 Å². The minimum absolute atomic E-state index is 0.0153. The van der Waals surface area contributed by atoms with Gasteiger partial charge in [0.05, 0.1) is 18.3 Å². The first-order chi connectivity index (χ1) is 14.3. The van der Waals surface area contributed by atoms with Crippen molar-refractivity contribution in [1.82, 2.24) is 20.4 Å². The number of imide groups is 1. The molecule has 3 N–H and O–H groups in total. The highest BCUT2D eigenvalue weighted by Crippen LogP contribution is 2.46.